The zero-order valence-corrected chi connectivity index (χ0v) is 6.04. The molecule has 0 saturated carbocycles. The van der Waals surface area contributed by atoms with Crippen LogP contribution in [0, 0.1) is 6.07 Å². The summed E-state index contributed by atoms with van der Waals surface area (Å²) >= 11 is 0. The van der Waals surface area contributed by atoms with E-state index < -0.39 is 5.97 Å². The first kappa shape index (κ1) is 9.20. The van der Waals surface area contributed by atoms with E-state index in [4.69, 9.17) is 5.11 Å². The summed E-state index contributed by atoms with van der Waals surface area (Å²) in [5, 5.41) is 8.37. The Kier molecular flexibility index (Phi) is 3.75. The van der Waals surface area contributed by atoms with Crippen LogP contribution in [-0.4, -0.2) is 11.1 Å². The van der Waals surface area contributed by atoms with Crippen LogP contribution < -0.4 is 0 Å². The summed E-state index contributed by atoms with van der Waals surface area (Å²) in [5.74, 6) is -0.899. The van der Waals surface area contributed by atoms with E-state index in [0.29, 0.717) is 5.56 Å². The average Bonchev–Trinajstić information content (AvgIpc) is 1.90. The third kappa shape index (κ3) is 2.20. The first-order valence-electron chi connectivity index (χ1n) is 2.50. The van der Waals surface area contributed by atoms with Crippen LogP contribution in [0.25, 0.3) is 0 Å². The summed E-state index contributed by atoms with van der Waals surface area (Å²) in [7, 11) is 0. The first-order chi connectivity index (χ1) is 4.30. The molecule has 3 heteroatoms. The largest absolute Gasteiger partial charge is 2.00 e. The molecule has 0 unspecified atom stereocenters. The van der Waals surface area contributed by atoms with Crippen LogP contribution in [0.4, 0.5) is 0 Å². The standard InChI is InChI=1S/C7H5O2.Co/c8-7(9)6-4-2-1-3-5-6;/h2-5H,(H,8,9);/q-1;+2. The SMILES string of the molecule is O=C(O)c1cc[c-]cc1.[Co+2]. The molecule has 0 saturated heterocycles. The molecule has 2 nitrogen and oxygen atoms in total. The van der Waals surface area contributed by atoms with E-state index in [1.54, 1.807) is 12.1 Å². The fourth-order valence-corrected chi connectivity index (χ4v) is 0.529. The number of rotatable bonds is 1. The molecule has 0 atom stereocenters. The Labute approximate surface area is 69.1 Å². The third-order valence-corrected chi connectivity index (χ3v) is 0.965. The number of carbonyl (C=O) groups is 1. The van der Waals surface area contributed by atoms with Crippen LogP contribution in [0.1, 0.15) is 10.4 Å². The van der Waals surface area contributed by atoms with E-state index >= 15 is 0 Å². The molecule has 1 radical (unpaired) electrons. The van der Waals surface area contributed by atoms with Crippen molar-refractivity contribution >= 4 is 5.97 Å². The summed E-state index contributed by atoms with van der Waals surface area (Å²) in [6.07, 6.45) is 0. The smallest absolute Gasteiger partial charge is 0.479 e. The van der Waals surface area contributed by atoms with Crippen LogP contribution in [0.5, 0.6) is 0 Å². The second-order valence-electron chi connectivity index (χ2n) is 1.59. The van der Waals surface area contributed by atoms with Gasteiger partial charge in [-0.05, 0) is 5.56 Å². The Bertz CT molecular complexity index is 208. The van der Waals surface area contributed by atoms with Crippen LogP contribution >= 0.6 is 0 Å². The molecule has 0 spiro atoms. The maximum absolute atomic E-state index is 10.2. The second kappa shape index (κ2) is 4.08. The van der Waals surface area contributed by atoms with Gasteiger partial charge >= 0.3 is 22.7 Å². The van der Waals surface area contributed by atoms with Crippen molar-refractivity contribution in [3.05, 3.63) is 35.9 Å². The average molecular weight is 180 g/mol. The molecule has 0 fully saturated rings. The minimum absolute atomic E-state index is 0. The molecule has 0 heterocycles. The van der Waals surface area contributed by atoms with Gasteiger partial charge in [0.15, 0.2) is 0 Å². The normalized spacial score (nSPS) is 8.00. The van der Waals surface area contributed by atoms with Crippen molar-refractivity contribution in [3.63, 3.8) is 0 Å². The molecule has 0 aliphatic rings. The number of benzene rings is 1. The van der Waals surface area contributed by atoms with E-state index in [1.165, 1.54) is 12.1 Å². The Morgan fingerprint density at radius 2 is 1.90 bits per heavy atom. The molecule has 0 aliphatic carbocycles. The molecule has 53 valence electrons. The topological polar surface area (TPSA) is 37.3 Å². The number of carboxylic acids is 1. The number of aromatic carboxylic acids is 1. The van der Waals surface area contributed by atoms with Gasteiger partial charge in [0.1, 0.15) is 0 Å². The summed E-state index contributed by atoms with van der Waals surface area (Å²) in [4.78, 5) is 10.2. The van der Waals surface area contributed by atoms with Crippen molar-refractivity contribution in [1.29, 1.82) is 0 Å². The van der Waals surface area contributed by atoms with Crippen LogP contribution in [-0.2, 0) is 16.8 Å². The summed E-state index contributed by atoms with van der Waals surface area (Å²) in [6.45, 7) is 0. The van der Waals surface area contributed by atoms with Crippen LogP contribution in [0.3, 0.4) is 0 Å². The number of hydrogen-bond acceptors (Lipinski definition) is 1. The van der Waals surface area contributed by atoms with Gasteiger partial charge in [-0.3, -0.25) is 0 Å². The van der Waals surface area contributed by atoms with Crippen molar-refractivity contribution < 1.29 is 26.7 Å². The van der Waals surface area contributed by atoms with Crippen LogP contribution in [0.15, 0.2) is 24.3 Å². The second-order valence-corrected chi connectivity index (χ2v) is 1.59. The van der Waals surface area contributed by atoms with Gasteiger partial charge in [0, 0.05) is 0 Å². The zero-order valence-electron chi connectivity index (χ0n) is 5.00. The van der Waals surface area contributed by atoms with E-state index in [1.807, 2.05) is 0 Å². The molecule has 1 rings (SSSR count). The third-order valence-electron chi connectivity index (χ3n) is 0.965. The molecular weight excluding hydrogens is 175 g/mol. The maximum atomic E-state index is 10.2. The van der Waals surface area contributed by atoms with Crippen molar-refractivity contribution in [2.24, 2.45) is 0 Å². The minimum Gasteiger partial charge on any atom is -0.479 e. The summed E-state index contributed by atoms with van der Waals surface area (Å²) in [6, 6.07) is 8.87. The van der Waals surface area contributed by atoms with Gasteiger partial charge in [0.25, 0.3) is 0 Å². The van der Waals surface area contributed by atoms with Gasteiger partial charge in [-0.1, -0.05) is 0 Å². The van der Waals surface area contributed by atoms with Gasteiger partial charge in [0.05, 0.1) is 0 Å². The van der Waals surface area contributed by atoms with Crippen molar-refractivity contribution in [3.8, 4) is 0 Å². The van der Waals surface area contributed by atoms with Crippen molar-refractivity contribution in [2.75, 3.05) is 0 Å². The summed E-state index contributed by atoms with van der Waals surface area (Å²) < 4.78 is 0. The zero-order chi connectivity index (χ0) is 6.69. The number of carboxylic acid groups (broad SMARTS) is 1. The molecule has 1 aromatic rings. The van der Waals surface area contributed by atoms with Crippen molar-refractivity contribution in [2.45, 2.75) is 0 Å². The van der Waals surface area contributed by atoms with E-state index in [-0.39, 0.29) is 16.8 Å². The van der Waals surface area contributed by atoms with Gasteiger partial charge in [-0.2, -0.15) is 30.3 Å². The Hall–Kier alpha value is -0.804. The summed E-state index contributed by atoms with van der Waals surface area (Å²) in [5.41, 5.74) is 0.300. The van der Waals surface area contributed by atoms with E-state index in [2.05, 4.69) is 6.07 Å². The molecule has 0 bridgehead atoms. The van der Waals surface area contributed by atoms with Gasteiger partial charge < -0.3 is 5.11 Å². The van der Waals surface area contributed by atoms with Gasteiger partial charge in [0.2, 0.25) is 0 Å². The van der Waals surface area contributed by atoms with E-state index in [0.717, 1.165) is 0 Å². The van der Waals surface area contributed by atoms with E-state index in [9.17, 15) is 4.79 Å². The van der Waals surface area contributed by atoms with Crippen LogP contribution in [0.2, 0.25) is 0 Å². The monoisotopic (exact) mass is 180 g/mol. The molecule has 0 aromatic heterocycles. The van der Waals surface area contributed by atoms with Crippen molar-refractivity contribution in [1.82, 2.24) is 0 Å². The maximum Gasteiger partial charge on any atom is 2.00 e. The first-order valence-corrected chi connectivity index (χ1v) is 2.50. The molecule has 0 amide bonds. The number of hydrogen-bond donors (Lipinski definition) is 1. The van der Waals surface area contributed by atoms with Gasteiger partial charge in [-0.25, -0.2) is 4.79 Å². The Morgan fingerprint density at radius 3 is 2.20 bits per heavy atom. The fraction of sp³-hybridized carbons (Fsp3) is 0. The fourth-order valence-electron chi connectivity index (χ4n) is 0.529. The predicted molar refractivity (Wildman–Crippen MR) is 32.2 cm³/mol. The Morgan fingerprint density at radius 1 is 1.40 bits per heavy atom. The molecule has 1 aromatic carbocycles. The predicted octanol–water partition coefficient (Wildman–Crippen LogP) is 1.18. The quantitative estimate of drug-likeness (QED) is 0.659. The molecule has 1 N–H and O–H groups in total. The molecular formula is C7H5CoO2+. The Balaban J connectivity index is 0.000000810. The molecule has 10 heavy (non-hydrogen) atoms. The van der Waals surface area contributed by atoms with Gasteiger partial charge in [-0.15, -0.1) is 0 Å². The minimum atomic E-state index is -0.899. The molecule has 0 aliphatic heterocycles.